The number of nitrogens with zero attached hydrogens (tertiary/aromatic N) is 4. The van der Waals surface area contributed by atoms with Crippen LogP contribution in [-0.4, -0.2) is 63.0 Å². The molecule has 4 rings (SSSR count). The Morgan fingerprint density at radius 3 is 2.93 bits per heavy atom. The summed E-state index contributed by atoms with van der Waals surface area (Å²) in [6.45, 7) is 1.61. The fourth-order valence-corrected chi connectivity index (χ4v) is 4.32. The molecule has 3 aliphatic heterocycles. The summed E-state index contributed by atoms with van der Waals surface area (Å²) in [5.74, 6) is -1.78. The summed E-state index contributed by atoms with van der Waals surface area (Å²) in [5, 5.41) is 16.6. The second-order valence-electron chi connectivity index (χ2n) is 6.09. The third kappa shape index (κ3) is 3.47. The van der Waals surface area contributed by atoms with E-state index in [1.807, 2.05) is 10.7 Å². The molecular formula is C16H15N4NaO5S. The van der Waals surface area contributed by atoms with E-state index >= 15 is 0 Å². The molecule has 3 aliphatic rings. The Morgan fingerprint density at radius 2 is 2.22 bits per heavy atom. The summed E-state index contributed by atoms with van der Waals surface area (Å²) >= 11 is 1.26. The van der Waals surface area contributed by atoms with Gasteiger partial charge < -0.3 is 19.5 Å². The quantitative estimate of drug-likeness (QED) is 0.287. The zero-order chi connectivity index (χ0) is 18.4. The van der Waals surface area contributed by atoms with Crippen molar-refractivity contribution in [1.29, 1.82) is 0 Å². The number of hydrogen-bond donors (Lipinski definition) is 0. The number of methoxy groups -OCH3 is 1. The standard InChI is InChI=1S/C16H16N4O5S.Na/c1-25-7-13(21)18-2-3-19-10(6-18)4-9(17-19)5-11-14(22)20-12(16(23)24)8-26-15(11)20;/h4-5,8,15H,2-3,6-7H2,1H3,(H,23,24);/q;+1/p-1/b11-5+;. The van der Waals surface area contributed by atoms with Gasteiger partial charge in [-0.1, -0.05) is 0 Å². The van der Waals surface area contributed by atoms with Crippen LogP contribution in [0.5, 0.6) is 0 Å². The fourth-order valence-electron chi connectivity index (χ4n) is 3.21. The van der Waals surface area contributed by atoms with Crippen molar-refractivity contribution in [1.82, 2.24) is 19.6 Å². The number of carboxylic acids is 1. The summed E-state index contributed by atoms with van der Waals surface area (Å²) < 4.78 is 6.70. The molecule has 0 N–H and O–H groups in total. The summed E-state index contributed by atoms with van der Waals surface area (Å²) in [6.07, 6.45) is 1.68. The number of thioether (sulfide) groups is 1. The van der Waals surface area contributed by atoms with Crippen molar-refractivity contribution >= 4 is 35.6 Å². The van der Waals surface area contributed by atoms with Gasteiger partial charge in [0.25, 0.3) is 5.91 Å². The van der Waals surface area contributed by atoms with E-state index in [0.29, 0.717) is 30.9 Å². The van der Waals surface area contributed by atoms with Crippen molar-refractivity contribution in [2.24, 2.45) is 0 Å². The van der Waals surface area contributed by atoms with Crippen LogP contribution in [0.2, 0.25) is 0 Å². The molecule has 1 atom stereocenters. The number of aliphatic carboxylic acids is 1. The first-order chi connectivity index (χ1) is 12.5. The maximum Gasteiger partial charge on any atom is 1.00 e. The molecule has 0 radical (unpaired) electrons. The molecule has 0 aromatic carbocycles. The first-order valence-electron chi connectivity index (χ1n) is 7.95. The average molecular weight is 398 g/mol. The van der Waals surface area contributed by atoms with Gasteiger partial charge in [-0.3, -0.25) is 19.2 Å². The predicted octanol–water partition coefficient (Wildman–Crippen LogP) is -4.23. The van der Waals surface area contributed by atoms with Gasteiger partial charge in [-0.2, -0.15) is 5.10 Å². The molecule has 1 fully saturated rings. The van der Waals surface area contributed by atoms with E-state index in [4.69, 9.17) is 4.74 Å². The van der Waals surface area contributed by atoms with Gasteiger partial charge in [0.05, 0.1) is 41.7 Å². The van der Waals surface area contributed by atoms with E-state index in [2.05, 4.69) is 5.10 Å². The first-order valence-corrected chi connectivity index (χ1v) is 8.89. The molecular weight excluding hydrogens is 383 g/mol. The second-order valence-corrected chi connectivity index (χ2v) is 7.04. The van der Waals surface area contributed by atoms with Crippen molar-refractivity contribution in [2.45, 2.75) is 18.5 Å². The molecule has 1 unspecified atom stereocenters. The fraction of sp³-hybridized carbons (Fsp3) is 0.375. The molecule has 0 aliphatic carbocycles. The van der Waals surface area contributed by atoms with Gasteiger partial charge in [-0.05, 0) is 17.6 Å². The average Bonchev–Trinajstić information content (AvgIpc) is 3.20. The maximum absolute atomic E-state index is 12.2. The van der Waals surface area contributed by atoms with Crippen LogP contribution >= 0.6 is 11.8 Å². The number of rotatable bonds is 4. The summed E-state index contributed by atoms with van der Waals surface area (Å²) in [4.78, 5) is 38.1. The first kappa shape index (κ1) is 20.2. The summed E-state index contributed by atoms with van der Waals surface area (Å²) in [6, 6.07) is 1.84. The SMILES string of the molecule is COCC(=O)N1CCn2nc(/C=C3\C(=O)N4C(C(=O)[O-])=CSC34)cc2C1.[Na+]. The molecule has 1 saturated heterocycles. The number of β-lactam (4-membered cyclic amide) rings is 1. The van der Waals surface area contributed by atoms with Gasteiger partial charge in [0, 0.05) is 13.7 Å². The Balaban J connectivity index is 0.00000210. The third-order valence-electron chi connectivity index (χ3n) is 4.48. The number of carbonyl (C=O) groups excluding carboxylic acids is 3. The van der Waals surface area contributed by atoms with Gasteiger partial charge in [0.2, 0.25) is 5.91 Å². The largest absolute Gasteiger partial charge is 1.00 e. The number of carboxylic acid groups (broad SMARTS) is 1. The van der Waals surface area contributed by atoms with Crippen LogP contribution in [-0.2, 0) is 32.2 Å². The molecule has 1 aromatic rings. The number of fused-ring (bicyclic) bond motifs is 2. The van der Waals surface area contributed by atoms with Crippen molar-refractivity contribution in [3.63, 3.8) is 0 Å². The molecule has 27 heavy (non-hydrogen) atoms. The van der Waals surface area contributed by atoms with Crippen LogP contribution in [0.25, 0.3) is 6.08 Å². The van der Waals surface area contributed by atoms with Crippen molar-refractivity contribution in [3.05, 3.63) is 34.1 Å². The molecule has 0 saturated carbocycles. The Morgan fingerprint density at radius 1 is 1.44 bits per heavy atom. The Kier molecular flexibility index (Phi) is 5.82. The van der Waals surface area contributed by atoms with Crippen LogP contribution in [0.4, 0.5) is 0 Å². The minimum absolute atomic E-state index is 0. The van der Waals surface area contributed by atoms with Gasteiger partial charge in [-0.15, -0.1) is 11.8 Å². The van der Waals surface area contributed by atoms with Crippen LogP contribution in [0.1, 0.15) is 11.4 Å². The van der Waals surface area contributed by atoms with E-state index in [0.717, 1.165) is 5.69 Å². The van der Waals surface area contributed by atoms with E-state index in [1.165, 1.54) is 29.2 Å². The number of ether oxygens (including phenoxy) is 1. The molecule has 4 heterocycles. The number of hydrogen-bond acceptors (Lipinski definition) is 7. The van der Waals surface area contributed by atoms with Crippen LogP contribution in [0.3, 0.4) is 0 Å². The molecule has 0 bridgehead atoms. The van der Waals surface area contributed by atoms with Gasteiger partial charge in [0.15, 0.2) is 0 Å². The number of amides is 2. The zero-order valence-electron chi connectivity index (χ0n) is 14.9. The maximum atomic E-state index is 12.2. The molecule has 9 nitrogen and oxygen atoms in total. The Hall–Kier alpha value is -1.59. The van der Waals surface area contributed by atoms with Gasteiger partial charge in [-0.25, -0.2) is 0 Å². The minimum Gasteiger partial charge on any atom is -0.543 e. The second kappa shape index (κ2) is 7.80. The van der Waals surface area contributed by atoms with Crippen LogP contribution in [0.15, 0.2) is 22.7 Å². The van der Waals surface area contributed by atoms with E-state index in [-0.39, 0.29) is 59.0 Å². The normalized spacial score (nSPS) is 22.0. The van der Waals surface area contributed by atoms with Crippen molar-refractivity contribution in [3.8, 4) is 0 Å². The van der Waals surface area contributed by atoms with Gasteiger partial charge >= 0.3 is 29.6 Å². The third-order valence-corrected chi connectivity index (χ3v) is 5.57. The van der Waals surface area contributed by atoms with E-state index < -0.39 is 5.97 Å². The molecule has 11 heteroatoms. The Bertz CT molecular complexity index is 880. The summed E-state index contributed by atoms with van der Waals surface area (Å²) in [7, 11) is 1.48. The minimum atomic E-state index is -1.36. The predicted molar refractivity (Wildman–Crippen MR) is 88.8 cm³/mol. The molecule has 2 amide bonds. The number of carbonyl (C=O) groups is 3. The van der Waals surface area contributed by atoms with E-state index in [1.54, 1.807) is 11.0 Å². The smallest absolute Gasteiger partial charge is 0.543 e. The van der Waals surface area contributed by atoms with Crippen molar-refractivity contribution in [2.75, 3.05) is 20.3 Å². The topological polar surface area (TPSA) is 108 Å². The zero-order valence-corrected chi connectivity index (χ0v) is 17.7. The van der Waals surface area contributed by atoms with Crippen LogP contribution in [0, 0.1) is 0 Å². The molecule has 0 spiro atoms. The molecule has 1 aromatic heterocycles. The van der Waals surface area contributed by atoms with Crippen molar-refractivity contribution < 1.29 is 53.8 Å². The van der Waals surface area contributed by atoms with E-state index in [9.17, 15) is 19.5 Å². The van der Waals surface area contributed by atoms with Crippen LogP contribution < -0.4 is 34.7 Å². The van der Waals surface area contributed by atoms with Gasteiger partial charge in [0.1, 0.15) is 12.0 Å². The molecule has 136 valence electrons. The monoisotopic (exact) mass is 398 g/mol. The number of aromatic nitrogens is 2. The Labute approximate surface area is 181 Å². The summed E-state index contributed by atoms with van der Waals surface area (Å²) in [5.41, 5.74) is 1.90.